The molecule has 4 nitrogen and oxygen atoms in total. The molecule has 0 aliphatic rings. The van der Waals surface area contributed by atoms with Gasteiger partial charge in [0, 0.05) is 11.6 Å². The quantitative estimate of drug-likeness (QED) is 0.876. The van der Waals surface area contributed by atoms with Crippen molar-refractivity contribution >= 4 is 27.3 Å². The maximum absolute atomic E-state index is 12.1. The number of sulfone groups is 1. The van der Waals surface area contributed by atoms with Gasteiger partial charge in [0.05, 0.1) is 5.75 Å². The molecule has 0 aliphatic heterocycles. The van der Waals surface area contributed by atoms with Gasteiger partial charge >= 0.3 is 0 Å². The number of amides is 1. The van der Waals surface area contributed by atoms with E-state index >= 15 is 0 Å². The Morgan fingerprint density at radius 2 is 2.11 bits per heavy atom. The van der Waals surface area contributed by atoms with Crippen LogP contribution in [0.1, 0.15) is 25.8 Å². The lowest BCUT2D eigenvalue weighted by Crippen LogP contribution is -2.38. The average Bonchev–Trinajstić information content (AvgIpc) is 2.34. The normalized spacial score (nSPS) is 13.0. The number of benzene rings is 1. The highest BCUT2D eigenvalue weighted by molar-refractivity contribution is 7.92. The molecule has 0 saturated carbocycles. The number of nitrogens with one attached hydrogen (secondary N) is 1. The Hall–Kier alpha value is -1.07. The molecule has 1 aromatic rings. The first-order valence-electron chi connectivity index (χ1n) is 6.10. The van der Waals surface area contributed by atoms with E-state index in [1.807, 2.05) is 6.92 Å². The van der Waals surface area contributed by atoms with Crippen LogP contribution in [0.2, 0.25) is 5.02 Å². The minimum atomic E-state index is -3.53. The summed E-state index contributed by atoms with van der Waals surface area (Å²) in [5.41, 5.74) is 0.586. The molecule has 1 rings (SSSR count). The van der Waals surface area contributed by atoms with Crippen molar-refractivity contribution in [1.29, 1.82) is 0 Å². The molecule has 0 heterocycles. The Morgan fingerprint density at radius 3 is 2.68 bits per heavy atom. The first-order chi connectivity index (χ1) is 8.86. The lowest BCUT2D eigenvalue weighted by molar-refractivity contribution is -0.120. The van der Waals surface area contributed by atoms with Crippen LogP contribution < -0.4 is 5.32 Å². The van der Waals surface area contributed by atoms with Crippen LogP contribution in [-0.2, 0) is 20.4 Å². The fraction of sp³-hybridized carbons (Fsp3) is 0.462. The topological polar surface area (TPSA) is 63.2 Å². The molecule has 0 aromatic heterocycles. The van der Waals surface area contributed by atoms with E-state index in [4.69, 9.17) is 11.6 Å². The monoisotopic (exact) mass is 303 g/mol. The fourth-order valence-corrected chi connectivity index (χ4v) is 3.06. The Balaban J connectivity index is 2.78. The average molecular weight is 304 g/mol. The zero-order valence-electron chi connectivity index (χ0n) is 11.0. The summed E-state index contributed by atoms with van der Waals surface area (Å²) < 4.78 is 24.2. The predicted molar refractivity (Wildman–Crippen MR) is 76.8 cm³/mol. The van der Waals surface area contributed by atoms with Crippen LogP contribution in [0.25, 0.3) is 0 Å². The second-order valence-electron chi connectivity index (χ2n) is 4.37. The summed E-state index contributed by atoms with van der Waals surface area (Å²) in [5, 5.41) is 2.02. The van der Waals surface area contributed by atoms with Gasteiger partial charge in [-0.05, 0) is 31.0 Å². The molecule has 0 fully saturated rings. The highest BCUT2D eigenvalue weighted by Gasteiger charge is 2.27. The van der Waals surface area contributed by atoms with Crippen LogP contribution in [0, 0.1) is 0 Å². The van der Waals surface area contributed by atoms with E-state index in [9.17, 15) is 13.2 Å². The van der Waals surface area contributed by atoms with Gasteiger partial charge in [-0.25, -0.2) is 8.42 Å². The zero-order chi connectivity index (χ0) is 14.5. The molecule has 1 N–H and O–H groups in total. The second-order valence-corrected chi connectivity index (χ2v) is 7.13. The molecular formula is C13H18ClNO3S. The Kier molecular flexibility index (Phi) is 5.82. The molecule has 0 spiro atoms. The SMILES string of the molecule is CCCNC(=O)C(C)S(=O)(=O)Cc1cccc(Cl)c1. The summed E-state index contributed by atoms with van der Waals surface area (Å²) in [6.07, 6.45) is 0.771. The second kappa shape index (κ2) is 6.91. The van der Waals surface area contributed by atoms with Crippen LogP contribution >= 0.6 is 11.6 Å². The number of hydrogen-bond donors (Lipinski definition) is 1. The van der Waals surface area contributed by atoms with Crippen molar-refractivity contribution in [3.05, 3.63) is 34.9 Å². The maximum Gasteiger partial charge on any atom is 0.238 e. The first kappa shape index (κ1) is 16.0. The molecule has 106 valence electrons. The van der Waals surface area contributed by atoms with Crippen LogP contribution in [0.5, 0.6) is 0 Å². The van der Waals surface area contributed by atoms with Crippen molar-refractivity contribution in [2.24, 2.45) is 0 Å². The van der Waals surface area contributed by atoms with Crippen LogP contribution in [0.4, 0.5) is 0 Å². The van der Waals surface area contributed by atoms with Gasteiger partial charge in [0.1, 0.15) is 5.25 Å². The van der Waals surface area contributed by atoms with E-state index < -0.39 is 21.0 Å². The van der Waals surface area contributed by atoms with Crippen molar-refractivity contribution in [3.63, 3.8) is 0 Å². The van der Waals surface area contributed by atoms with Crippen molar-refractivity contribution in [2.75, 3.05) is 6.54 Å². The van der Waals surface area contributed by atoms with Crippen molar-refractivity contribution in [3.8, 4) is 0 Å². The van der Waals surface area contributed by atoms with Gasteiger partial charge in [-0.1, -0.05) is 30.7 Å². The summed E-state index contributed by atoms with van der Waals surface area (Å²) in [6, 6.07) is 6.64. The Morgan fingerprint density at radius 1 is 1.42 bits per heavy atom. The Labute approximate surface area is 119 Å². The van der Waals surface area contributed by atoms with E-state index in [0.717, 1.165) is 6.42 Å². The van der Waals surface area contributed by atoms with Crippen LogP contribution in [0.3, 0.4) is 0 Å². The smallest absolute Gasteiger partial charge is 0.238 e. The lowest BCUT2D eigenvalue weighted by Gasteiger charge is -2.13. The third kappa shape index (κ3) is 4.84. The third-order valence-corrected chi connectivity index (χ3v) is 4.98. The van der Waals surface area contributed by atoms with Gasteiger partial charge < -0.3 is 5.32 Å². The summed E-state index contributed by atoms with van der Waals surface area (Å²) in [7, 11) is -3.53. The van der Waals surface area contributed by atoms with Crippen LogP contribution in [0.15, 0.2) is 24.3 Å². The van der Waals surface area contributed by atoms with Gasteiger partial charge in [-0.15, -0.1) is 0 Å². The molecule has 0 bridgehead atoms. The van der Waals surface area contributed by atoms with Gasteiger partial charge in [0.15, 0.2) is 9.84 Å². The molecule has 6 heteroatoms. The molecule has 0 saturated heterocycles. The van der Waals surface area contributed by atoms with Gasteiger partial charge in [0.2, 0.25) is 5.91 Å². The molecule has 1 amide bonds. The molecule has 1 atom stereocenters. The third-order valence-electron chi connectivity index (χ3n) is 2.71. The summed E-state index contributed by atoms with van der Waals surface area (Å²) in [6.45, 7) is 3.80. The standard InChI is InChI=1S/C13H18ClNO3S/c1-3-7-15-13(16)10(2)19(17,18)9-11-5-4-6-12(14)8-11/h4-6,8,10H,3,7,9H2,1-2H3,(H,15,16). The predicted octanol–water partition coefficient (Wildman–Crippen LogP) is 2.17. The van der Waals surface area contributed by atoms with E-state index in [-0.39, 0.29) is 5.75 Å². The number of carbonyl (C=O) groups is 1. The molecule has 19 heavy (non-hydrogen) atoms. The van der Waals surface area contributed by atoms with Crippen molar-refractivity contribution < 1.29 is 13.2 Å². The fourth-order valence-electron chi connectivity index (χ4n) is 1.54. The number of rotatable bonds is 6. The number of carbonyl (C=O) groups excluding carboxylic acids is 1. The van der Waals surface area contributed by atoms with Gasteiger partial charge in [-0.3, -0.25) is 4.79 Å². The molecule has 0 aliphatic carbocycles. The summed E-state index contributed by atoms with van der Waals surface area (Å²) in [4.78, 5) is 11.7. The number of hydrogen-bond acceptors (Lipinski definition) is 3. The van der Waals surface area contributed by atoms with E-state index in [2.05, 4.69) is 5.32 Å². The van der Waals surface area contributed by atoms with Crippen molar-refractivity contribution in [1.82, 2.24) is 5.32 Å². The molecule has 0 radical (unpaired) electrons. The lowest BCUT2D eigenvalue weighted by atomic mass is 10.2. The minimum absolute atomic E-state index is 0.186. The minimum Gasteiger partial charge on any atom is -0.355 e. The van der Waals surface area contributed by atoms with Crippen LogP contribution in [-0.4, -0.2) is 26.1 Å². The summed E-state index contributed by atoms with van der Waals surface area (Å²) >= 11 is 5.81. The van der Waals surface area contributed by atoms with Gasteiger partial charge in [0.25, 0.3) is 0 Å². The zero-order valence-corrected chi connectivity index (χ0v) is 12.6. The molecule has 1 unspecified atom stereocenters. The van der Waals surface area contributed by atoms with E-state index in [1.54, 1.807) is 24.3 Å². The first-order valence-corrected chi connectivity index (χ1v) is 8.20. The number of halogens is 1. The largest absolute Gasteiger partial charge is 0.355 e. The highest BCUT2D eigenvalue weighted by atomic mass is 35.5. The van der Waals surface area contributed by atoms with Gasteiger partial charge in [-0.2, -0.15) is 0 Å². The summed E-state index contributed by atoms with van der Waals surface area (Å²) in [5.74, 6) is -0.641. The molecule has 1 aromatic carbocycles. The Bertz CT molecular complexity index is 543. The highest BCUT2D eigenvalue weighted by Crippen LogP contribution is 2.16. The molecular weight excluding hydrogens is 286 g/mol. The van der Waals surface area contributed by atoms with E-state index in [1.165, 1.54) is 6.92 Å². The maximum atomic E-state index is 12.1. The van der Waals surface area contributed by atoms with E-state index in [0.29, 0.717) is 17.1 Å². The van der Waals surface area contributed by atoms with Crippen molar-refractivity contribution in [2.45, 2.75) is 31.3 Å².